The van der Waals surface area contributed by atoms with Crippen LogP contribution in [0.2, 0.25) is 0 Å². The van der Waals surface area contributed by atoms with Crippen LogP contribution in [0.4, 0.5) is 0 Å². The minimum atomic E-state index is -0.594. The Hall–Kier alpha value is -1.88. The van der Waals surface area contributed by atoms with Gasteiger partial charge in [0, 0.05) is 19.6 Å². The number of primary amides is 1. The van der Waals surface area contributed by atoms with Gasteiger partial charge in [-0.15, -0.1) is 0 Å². The molecule has 0 spiro atoms. The molecule has 1 atom stereocenters. The van der Waals surface area contributed by atoms with E-state index in [9.17, 15) is 9.59 Å². The van der Waals surface area contributed by atoms with Gasteiger partial charge < -0.3 is 16.4 Å². The van der Waals surface area contributed by atoms with E-state index in [1.165, 1.54) is 0 Å². The fourth-order valence-electron chi connectivity index (χ4n) is 2.58. The third kappa shape index (κ3) is 2.82. The van der Waals surface area contributed by atoms with E-state index in [2.05, 4.69) is 0 Å². The van der Waals surface area contributed by atoms with Crippen LogP contribution in [0.25, 0.3) is 0 Å². The van der Waals surface area contributed by atoms with Crippen LogP contribution in [0.15, 0.2) is 24.3 Å². The Balaban J connectivity index is 2.05. The molecule has 0 bridgehead atoms. The fraction of sp³-hybridized carbons (Fsp3) is 0.467. The van der Waals surface area contributed by atoms with Crippen LogP contribution in [0.1, 0.15) is 24.5 Å². The molecule has 108 valence electrons. The van der Waals surface area contributed by atoms with Crippen molar-refractivity contribution in [2.45, 2.75) is 26.3 Å². The quantitative estimate of drug-likeness (QED) is 0.834. The predicted octanol–water partition coefficient (Wildman–Crippen LogP) is 0.412. The zero-order valence-electron chi connectivity index (χ0n) is 11.8. The average Bonchev–Trinajstić information content (AvgIpc) is 2.83. The summed E-state index contributed by atoms with van der Waals surface area (Å²) in [4.78, 5) is 25.5. The summed E-state index contributed by atoms with van der Waals surface area (Å²) in [6.07, 6.45) is 0.953. The number of carbonyl (C=O) groups is 2. The summed E-state index contributed by atoms with van der Waals surface area (Å²) in [5, 5.41) is 0. The number of hydrogen-bond acceptors (Lipinski definition) is 3. The Bertz CT molecular complexity index is 530. The molecule has 2 rings (SSSR count). The van der Waals surface area contributed by atoms with Crippen molar-refractivity contribution in [3.63, 3.8) is 0 Å². The van der Waals surface area contributed by atoms with Crippen molar-refractivity contribution in [3.8, 4) is 0 Å². The Morgan fingerprint density at radius 3 is 2.50 bits per heavy atom. The molecule has 2 amide bonds. The Morgan fingerprint density at radius 2 is 1.95 bits per heavy atom. The van der Waals surface area contributed by atoms with Crippen LogP contribution in [0.3, 0.4) is 0 Å². The van der Waals surface area contributed by atoms with Crippen LogP contribution in [-0.2, 0) is 22.6 Å². The first-order valence-corrected chi connectivity index (χ1v) is 6.81. The van der Waals surface area contributed by atoms with Gasteiger partial charge in [0.25, 0.3) is 0 Å². The van der Waals surface area contributed by atoms with Gasteiger partial charge in [0.2, 0.25) is 11.8 Å². The summed E-state index contributed by atoms with van der Waals surface area (Å²) in [5.41, 5.74) is 12.4. The van der Waals surface area contributed by atoms with Gasteiger partial charge in [0.1, 0.15) is 0 Å². The lowest BCUT2D eigenvalue weighted by molar-refractivity contribution is -0.131. The summed E-state index contributed by atoms with van der Waals surface area (Å²) in [6.45, 7) is 3.23. The topological polar surface area (TPSA) is 89.4 Å². The Labute approximate surface area is 118 Å². The number of nitrogens with two attached hydrogens (primary N) is 2. The Kier molecular flexibility index (Phi) is 4.09. The Morgan fingerprint density at radius 1 is 1.30 bits per heavy atom. The van der Waals surface area contributed by atoms with Gasteiger partial charge >= 0.3 is 0 Å². The van der Waals surface area contributed by atoms with Crippen molar-refractivity contribution >= 4 is 11.8 Å². The summed E-state index contributed by atoms with van der Waals surface area (Å²) in [7, 11) is 0. The summed E-state index contributed by atoms with van der Waals surface area (Å²) in [5.74, 6) is -0.314. The van der Waals surface area contributed by atoms with Crippen LogP contribution in [0, 0.1) is 5.41 Å². The number of benzene rings is 1. The van der Waals surface area contributed by atoms with Crippen LogP contribution in [0.5, 0.6) is 0 Å². The smallest absolute Gasteiger partial charge is 0.227 e. The van der Waals surface area contributed by atoms with E-state index in [4.69, 9.17) is 11.5 Å². The first-order valence-electron chi connectivity index (χ1n) is 6.81. The highest BCUT2D eigenvalue weighted by atomic mass is 16.2. The van der Waals surface area contributed by atoms with Gasteiger partial charge in [0.05, 0.1) is 11.8 Å². The highest BCUT2D eigenvalue weighted by Gasteiger charge is 2.40. The van der Waals surface area contributed by atoms with Crippen LogP contribution >= 0.6 is 0 Å². The largest absolute Gasteiger partial charge is 0.369 e. The molecular formula is C15H21N3O2. The van der Waals surface area contributed by atoms with Gasteiger partial charge in [-0.3, -0.25) is 9.59 Å². The molecule has 0 radical (unpaired) electrons. The molecule has 1 fully saturated rings. The van der Waals surface area contributed by atoms with Crippen molar-refractivity contribution < 1.29 is 9.59 Å². The molecule has 1 aliphatic heterocycles. The van der Waals surface area contributed by atoms with E-state index in [-0.39, 0.29) is 11.8 Å². The van der Waals surface area contributed by atoms with Crippen molar-refractivity contribution in [3.05, 3.63) is 35.4 Å². The average molecular weight is 275 g/mol. The van der Waals surface area contributed by atoms with Gasteiger partial charge in [-0.05, 0) is 24.5 Å². The highest BCUT2D eigenvalue weighted by molar-refractivity contribution is 5.84. The maximum Gasteiger partial charge on any atom is 0.227 e. The number of carbonyl (C=O) groups excluding carboxylic acids is 2. The summed E-state index contributed by atoms with van der Waals surface area (Å²) < 4.78 is 0. The van der Waals surface area contributed by atoms with Crippen LogP contribution < -0.4 is 11.5 Å². The second-order valence-corrected chi connectivity index (χ2v) is 5.64. The first kappa shape index (κ1) is 14.5. The maximum atomic E-state index is 12.3. The molecule has 20 heavy (non-hydrogen) atoms. The summed E-state index contributed by atoms with van der Waals surface area (Å²) in [6, 6.07) is 7.67. The SMILES string of the molecule is CC1(C(N)=O)CCN(C(=O)Cc2ccccc2CN)C1. The van der Waals surface area contributed by atoms with Crippen LogP contribution in [-0.4, -0.2) is 29.8 Å². The predicted molar refractivity (Wildman–Crippen MR) is 76.5 cm³/mol. The molecule has 1 aromatic carbocycles. The molecule has 0 saturated carbocycles. The minimum absolute atomic E-state index is 0.0240. The van der Waals surface area contributed by atoms with Gasteiger partial charge in [-0.25, -0.2) is 0 Å². The monoisotopic (exact) mass is 275 g/mol. The van der Waals surface area contributed by atoms with Crippen molar-refractivity contribution in [1.29, 1.82) is 0 Å². The number of hydrogen-bond donors (Lipinski definition) is 2. The first-order chi connectivity index (χ1) is 9.46. The van der Waals surface area contributed by atoms with E-state index in [1.54, 1.807) is 4.90 Å². The molecule has 1 aliphatic rings. The summed E-state index contributed by atoms with van der Waals surface area (Å²) >= 11 is 0. The molecule has 1 saturated heterocycles. The number of rotatable bonds is 4. The number of likely N-dealkylation sites (tertiary alicyclic amines) is 1. The molecule has 5 nitrogen and oxygen atoms in total. The molecule has 0 aliphatic carbocycles. The lowest BCUT2D eigenvalue weighted by Crippen LogP contribution is -2.39. The molecule has 1 unspecified atom stereocenters. The molecule has 1 heterocycles. The normalized spacial score (nSPS) is 22.0. The zero-order valence-corrected chi connectivity index (χ0v) is 11.8. The van der Waals surface area contributed by atoms with E-state index in [0.717, 1.165) is 11.1 Å². The molecule has 4 N–H and O–H groups in total. The molecule has 5 heteroatoms. The lowest BCUT2D eigenvalue weighted by Gasteiger charge is -2.21. The van der Waals surface area contributed by atoms with E-state index in [1.807, 2.05) is 31.2 Å². The fourth-order valence-corrected chi connectivity index (χ4v) is 2.58. The standard InChI is InChI=1S/C15H21N3O2/c1-15(14(17)20)6-7-18(10-15)13(19)8-11-4-2-3-5-12(11)9-16/h2-5H,6-10,16H2,1H3,(H2,17,20). The van der Waals surface area contributed by atoms with E-state index in [0.29, 0.717) is 32.5 Å². The maximum absolute atomic E-state index is 12.3. The zero-order chi connectivity index (χ0) is 14.8. The third-order valence-corrected chi connectivity index (χ3v) is 4.10. The van der Waals surface area contributed by atoms with E-state index < -0.39 is 5.41 Å². The highest BCUT2D eigenvalue weighted by Crippen LogP contribution is 2.29. The van der Waals surface area contributed by atoms with Gasteiger partial charge in [0.15, 0.2) is 0 Å². The minimum Gasteiger partial charge on any atom is -0.369 e. The molecule has 0 aromatic heterocycles. The molecule has 1 aromatic rings. The molecular weight excluding hydrogens is 254 g/mol. The van der Waals surface area contributed by atoms with E-state index >= 15 is 0 Å². The van der Waals surface area contributed by atoms with Crippen molar-refractivity contribution in [2.75, 3.05) is 13.1 Å². The van der Waals surface area contributed by atoms with Gasteiger partial charge in [-0.1, -0.05) is 24.3 Å². The second-order valence-electron chi connectivity index (χ2n) is 5.64. The number of nitrogens with zero attached hydrogens (tertiary/aromatic N) is 1. The van der Waals surface area contributed by atoms with Crippen molar-refractivity contribution in [1.82, 2.24) is 4.90 Å². The third-order valence-electron chi connectivity index (χ3n) is 4.10. The number of amides is 2. The lowest BCUT2D eigenvalue weighted by atomic mass is 9.89. The van der Waals surface area contributed by atoms with Gasteiger partial charge in [-0.2, -0.15) is 0 Å². The second kappa shape index (κ2) is 5.63. The van der Waals surface area contributed by atoms with Crippen molar-refractivity contribution in [2.24, 2.45) is 16.9 Å².